The van der Waals surface area contributed by atoms with E-state index in [1.165, 1.54) is 33.5 Å². The van der Waals surface area contributed by atoms with Crippen LogP contribution in [0.1, 0.15) is 29.3 Å². The average molecular weight is 417 g/mol. The van der Waals surface area contributed by atoms with Gasteiger partial charge in [0, 0.05) is 21.1 Å². The minimum absolute atomic E-state index is 0.389. The fourth-order valence-corrected chi connectivity index (χ4v) is 4.93. The van der Waals surface area contributed by atoms with E-state index in [1.807, 2.05) is 23.5 Å². The number of halogens is 2. The van der Waals surface area contributed by atoms with Gasteiger partial charge in [-0.3, -0.25) is 0 Å². The molecule has 0 radical (unpaired) electrons. The molecule has 1 atom stereocenters. The molecule has 0 saturated carbocycles. The van der Waals surface area contributed by atoms with Gasteiger partial charge in [-0.25, -0.2) is 0 Å². The molecule has 0 aliphatic heterocycles. The summed E-state index contributed by atoms with van der Waals surface area (Å²) in [6.07, 6.45) is 3.61. The molecule has 0 bridgehead atoms. The van der Waals surface area contributed by atoms with Gasteiger partial charge in [0.25, 0.3) is 0 Å². The topological polar surface area (TPSA) is 21.3 Å². The molecule has 2 aromatic rings. The van der Waals surface area contributed by atoms with Crippen LogP contribution in [0, 0.1) is 0 Å². The van der Waals surface area contributed by atoms with E-state index in [4.69, 9.17) is 4.74 Å². The SMILES string of the molecule is COc1cc(Br)cc(NC2CCCc3sc(Br)cc32)c1. The van der Waals surface area contributed by atoms with E-state index >= 15 is 0 Å². The fourth-order valence-electron chi connectivity index (χ4n) is 2.64. The van der Waals surface area contributed by atoms with Gasteiger partial charge in [0.05, 0.1) is 16.9 Å². The highest BCUT2D eigenvalue weighted by Crippen LogP contribution is 2.40. The van der Waals surface area contributed by atoms with Gasteiger partial charge >= 0.3 is 0 Å². The zero-order chi connectivity index (χ0) is 14.1. The van der Waals surface area contributed by atoms with Crippen LogP contribution in [0.3, 0.4) is 0 Å². The Kier molecular flexibility index (Phi) is 4.38. The van der Waals surface area contributed by atoms with Crippen LogP contribution in [-0.4, -0.2) is 7.11 Å². The zero-order valence-corrected chi connectivity index (χ0v) is 15.1. The van der Waals surface area contributed by atoms with Crippen LogP contribution >= 0.6 is 43.2 Å². The summed E-state index contributed by atoms with van der Waals surface area (Å²) >= 11 is 8.99. The molecule has 106 valence electrons. The Hall–Kier alpha value is -0.520. The van der Waals surface area contributed by atoms with Crippen molar-refractivity contribution in [1.82, 2.24) is 0 Å². The third kappa shape index (κ3) is 3.05. The number of hydrogen-bond donors (Lipinski definition) is 1. The Bertz CT molecular complexity index is 626. The summed E-state index contributed by atoms with van der Waals surface area (Å²) in [6.45, 7) is 0. The quantitative estimate of drug-likeness (QED) is 0.685. The maximum Gasteiger partial charge on any atom is 0.122 e. The number of anilines is 1. The molecule has 3 rings (SSSR count). The van der Waals surface area contributed by atoms with Gasteiger partial charge in [0.1, 0.15) is 5.75 Å². The van der Waals surface area contributed by atoms with Gasteiger partial charge in [-0.05, 0) is 59.0 Å². The second-order valence-corrected chi connectivity index (χ2v) is 8.33. The Morgan fingerprint density at radius 3 is 2.90 bits per heavy atom. The van der Waals surface area contributed by atoms with Crippen molar-refractivity contribution in [2.75, 3.05) is 12.4 Å². The third-order valence-corrected chi connectivity index (χ3v) is 5.70. The summed E-state index contributed by atoms with van der Waals surface area (Å²) in [5, 5.41) is 3.64. The normalized spacial score (nSPS) is 17.6. The first-order valence-corrected chi connectivity index (χ1v) is 8.95. The van der Waals surface area contributed by atoms with Gasteiger partial charge in [-0.2, -0.15) is 0 Å². The average Bonchev–Trinajstić information content (AvgIpc) is 2.79. The molecular weight excluding hydrogens is 402 g/mol. The van der Waals surface area contributed by atoms with Crippen molar-refractivity contribution in [2.45, 2.75) is 25.3 Å². The number of ether oxygens (including phenoxy) is 1. The Morgan fingerprint density at radius 1 is 1.25 bits per heavy atom. The summed E-state index contributed by atoms with van der Waals surface area (Å²) in [4.78, 5) is 1.50. The van der Waals surface area contributed by atoms with E-state index in [2.05, 4.69) is 49.3 Å². The van der Waals surface area contributed by atoms with E-state index in [0.29, 0.717) is 6.04 Å². The highest BCUT2D eigenvalue weighted by atomic mass is 79.9. The van der Waals surface area contributed by atoms with Gasteiger partial charge in [0.2, 0.25) is 0 Å². The van der Waals surface area contributed by atoms with Crippen molar-refractivity contribution >= 4 is 48.9 Å². The smallest absolute Gasteiger partial charge is 0.122 e. The molecule has 0 fully saturated rings. The molecular formula is C15H15Br2NOS. The lowest BCUT2D eigenvalue weighted by Crippen LogP contribution is -2.15. The Morgan fingerprint density at radius 2 is 2.10 bits per heavy atom. The van der Waals surface area contributed by atoms with Gasteiger partial charge in [-0.1, -0.05) is 15.9 Å². The van der Waals surface area contributed by atoms with Crippen molar-refractivity contribution in [3.05, 3.63) is 43.0 Å². The molecule has 5 heteroatoms. The highest BCUT2D eigenvalue weighted by Gasteiger charge is 2.22. The number of nitrogens with one attached hydrogen (secondary N) is 1. The first-order valence-electron chi connectivity index (χ1n) is 6.55. The Labute approximate surface area is 139 Å². The van der Waals surface area contributed by atoms with E-state index in [1.54, 1.807) is 7.11 Å². The minimum atomic E-state index is 0.389. The van der Waals surface area contributed by atoms with Crippen LogP contribution in [0.25, 0.3) is 0 Å². The summed E-state index contributed by atoms with van der Waals surface area (Å²) in [6, 6.07) is 8.75. The van der Waals surface area contributed by atoms with Gasteiger partial charge < -0.3 is 10.1 Å². The Balaban J connectivity index is 1.87. The lowest BCUT2D eigenvalue weighted by Gasteiger charge is -2.25. The largest absolute Gasteiger partial charge is 0.497 e. The molecule has 0 saturated heterocycles. The van der Waals surface area contributed by atoms with Crippen molar-refractivity contribution < 1.29 is 4.74 Å². The summed E-state index contributed by atoms with van der Waals surface area (Å²) in [5.74, 6) is 0.865. The molecule has 1 aromatic heterocycles. The van der Waals surface area contributed by atoms with E-state index in [0.717, 1.165) is 15.9 Å². The van der Waals surface area contributed by atoms with Gasteiger partial charge in [-0.15, -0.1) is 11.3 Å². The molecule has 1 aliphatic carbocycles. The summed E-state index contributed by atoms with van der Waals surface area (Å²) in [7, 11) is 1.69. The summed E-state index contributed by atoms with van der Waals surface area (Å²) < 4.78 is 7.58. The highest BCUT2D eigenvalue weighted by molar-refractivity contribution is 9.11. The third-order valence-electron chi connectivity index (χ3n) is 3.53. The lowest BCUT2D eigenvalue weighted by molar-refractivity contribution is 0.414. The number of thiophene rings is 1. The number of rotatable bonds is 3. The van der Waals surface area contributed by atoms with E-state index < -0.39 is 0 Å². The number of fused-ring (bicyclic) bond motifs is 1. The maximum absolute atomic E-state index is 5.32. The predicted octanol–water partition coefficient (Wildman–Crippen LogP) is 5.77. The molecule has 1 N–H and O–H groups in total. The van der Waals surface area contributed by atoms with Crippen molar-refractivity contribution in [2.24, 2.45) is 0 Å². The maximum atomic E-state index is 5.32. The lowest BCUT2D eigenvalue weighted by atomic mass is 9.94. The second kappa shape index (κ2) is 6.08. The van der Waals surface area contributed by atoms with Crippen molar-refractivity contribution in [1.29, 1.82) is 0 Å². The first-order chi connectivity index (χ1) is 9.65. The standard InChI is InChI=1S/C15H15Br2NOS/c1-19-11-6-9(16)5-10(7-11)18-13-3-2-4-14-12(13)8-15(17)20-14/h5-8,13,18H,2-4H2,1H3. The number of aryl methyl sites for hydroxylation is 1. The van der Waals surface area contributed by atoms with Crippen LogP contribution in [0.15, 0.2) is 32.5 Å². The molecule has 1 heterocycles. The van der Waals surface area contributed by atoms with Crippen molar-refractivity contribution in [3.63, 3.8) is 0 Å². The number of hydrogen-bond acceptors (Lipinski definition) is 3. The van der Waals surface area contributed by atoms with Crippen LogP contribution in [0.4, 0.5) is 5.69 Å². The van der Waals surface area contributed by atoms with Crippen LogP contribution in [0.2, 0.25) is 0 Å². The molecule has 0 amide bonds. The molecule has 0 spiro atoms. The minimum Gasteiger partial charge on any atom is -0.497 e. The van der Waals surface area contributed by atoms with Crippen LogP contribution in [0.5, 0.6) is 5.75 Å². The van der Waals surface area contributed by atoms with Crippen molar-refractivity contribution in [3.8, 4) is 5.75 Å². The van der Waals surface area contributed by atoms with E-state index in [-0.39, 0.29) is 0 Å². The second-order valence-electron chi connectivity index (χ2n) is 4.90. The fraction of sp³-hybridized carbons (Fsp3) is 0.333. The molecule has 1 unspecified atom stereocenters. The van der Waals surface area contributed by atoms with E-state index in [9.17, 15) is 0 Å². The first kappa shape index (κ1) is 14.4. The number of methoxy groups -OCH3 is 1. The number of benzene rings is 1. The van der Waals surface area contributed by atoms with Crippen LogP contribution < -0.4 is 10.1 Å². The summed E-state index contributed by atoms with van der Waals surface area (Å²) in [5.41, 5.74) is 2.53. The molecule has 1 aliphatic rings. The zero-order valence-electron chi connectivity index (χ0n) is 11.1. The van der Waals surface area contributed by atoms with Crippen LogP contribution in [-0.2, 0) is 6.42 Å². The monoisotopic (exact) mass is 415 g/mol. The van der Waals surface area contributed by atoms with Gasteiger partial charge in [0.15, 0.2) is 0 Å². The molecule has 2 nitrogen and oxygen atoms in total. The molecule has 20 heavy (non-hydrogen) atoms. The molecule has 1 aromatic carbocycles. The predicted molar refractivity (Wildman–Crippen MR) is 92.0 cm³/mol.